The lowest BCUT2D eigenvalue weighted by atomic mass is 10.1. The van der Waals surface area contributed by atoms with Crippen molar-refractivity contribution in [3.63, 3.8) is 0 Å². The highest BCUT2D eigenvalue weighted by molar-refractivity contribution is 7.99. The molecular formula is C15H17NO2S. The minimum absolute atomic E-state index is 0.769. The van der Waals surface area contributed by atoms with Crippen LogP contribution >= 0.6 is 11.8 Å². The molecule has 2 aromatic rings. The van der Waals surface area contributed by atoms with Gasteiger partial charge in [-0.2, -0.15) is 0 Å². The number of thioether (sulfide) groups is 1. The van der Waals surface area contributed by atoms with Gasteiger partial charge in [0.15, 0.2) is 0 Å². The van der Waals surface area contributed by atoms with E-state index in [2.05, 4.69) is 18.0 Å². The molecule has 0 saturated heterocycles. The zero-order valence-corrected chi connectivity index (χ0v) is 12.2. The summed E-state index contributed by atoms with van der Waals surface area (Å²) in [6, 6.07) is 9.86. The van der Waals surface area contributed by atoms with E-state index in [0.717, 1.165) is 28.5 Å². The van der Waals surface area contributed by atoms with E-state index in [0.29, 0.717) is 0 Å². The van der Waals surface area contributed by atoms with Crippen LogP contribution in [0, 0.1) is 0 Å². The molecular weight excluding hydrogens is 258 g/mol. The van der Waals surface area contributed by atoms with E-state index in [4.69, 9.17) is 9.47 Å². The Hall–Kier alpha value is -1.68. The molecule has 1 aromatic carbocycles. The van der Waals surface area contributed by atoms with E-state index in [1.165, 1.54) is 4.90 Å². The maximum Gasteiger partial charge on any atom is 0.131 e. The van der Waals surface area contributed by atoms with Crippen LogP contribution < -0.4 is 9.47 Å². The standard InChI is InChI=1S/C15H17NO2S/c1-4-19-12-7-8-16-14(10-12)13-6-5-11(17-2)9-15(13)18-3/h5-10H,4H2,1-3H3. The third kappa shape index (κ3) is 3.20. The van der Waals surface area contributed by atoms with Crippen molar-refractivity contribution in [2.45, 2.75) is 11.8 Å². The average molecular weight is 275 g/mol. The van der Waals surface area contributed by atoms with Gasteiger partial charge in [-0.15, -0.1) is 11.8 Å². The van der Waals surface area contributed by atoms with Gasteiger partial charge in [-0.1, -0.05) is 6.92 Å². The Morgan fingerprint density at radius 3 is 2.63 bits per heavy atom. The number of rotatable bonds is 5. The highest BCUT2D eigenvalue weighted by Gasteiger charge is 2.09. The number of hydrogen-bond donors (Lipinski definition) is 0. The smallest absolute Gasteiger partial charge is 0.131 e. The van der Waals surface area contributed by atoms with Crippen LogP contribution in [0.5, 0.6) is 11.5 Å². The highest BCUT2D eigenvalue weighted by atomic mass is 32.2. The van der Waals surface area contributed by atoms with Crippen LogP contribution in [-0.4, -0.2) is 25.0 Å². The first-order valence-corrected chi connectivity index (χ1v) is 7.08. The molecule has 100 valence electrons. The maximum atomic E-state index is 5.42. The Bertz CT molecular complexity index is 558. The topological polar surface area (TPSA) is 31.4 Å². The molecule has 2 rings (SSSR count). The monoisotopic (exact) mass is 275 g/mol. The second-order valence-corrected chi connectivity index (χ2v) is 5.21. The van der Waals surface area contributed by atoms with Crippen molar-refractivity contribution < 1.29 is 9.47 Å². The summed E-state index contributed by atoms with van der Waals surface area (Å²) in [4.78, 5) is 5.64. The van der Waals surface area contributed by atoms with Gasteiger partial charge >= 0.3 is 0 Å². The van der Waals surface area contributed by atoms with Crippen LogP contribution in [-0.2, 0) is 0 Å². The number of pyridine rings is 1. The Kier molecular flexibility index (Phi) is 4.68. The summed E-state index contributed by atoms with van der Waals surface area (Å²) in [6.45, 7) is 2.14. The van der Waals surface area contributed by atoms with Crippen molar-refractivity contribution in [2.75, 3.05) is 20.0 Å². The summed E-state index contributed by atoms with van der Waals surface area (Å²) in [6.07, 6.45) is 1.83. The summed E-state index contributed by atoms with van der Waals surface area (Å²) in [7, 11) is 3.30. The van der Waals surface area contributed by atoms with Crippen molar-refractivity contribution in [1.82, 2.24) is 4.98 Å². The number of ether oxygens (including phenoxy) is 2. The molecule has 0 atom stereocenters. The van der Waals surface area contributed by atoms with E-state index in [-0.39, 0.29) is 0 Å². The zero-order chi connectivity index (χ0) is 13.7. The van der Waals surface area contributed by atoms with Gasteiger partial charge in [-0.3, -0.25) is 4.98 Å². The largest absolute Gasteiger partial charge is 0.497 e. The molecule has 0 fully saturated rings. The van der Waals surface area contributed by atoms with Gasteiger partial charge in [-0.05, 0) is 30.0 Å². The van der Waals surface area contributed by atoms with Gasteiger partial charge in [-0.25, -0.2) is 0 Å². The zero-order valence-electron chi connectivity index (χ0n) is 11.3. The molecule has 0 aliphatic carbocycles. The summed E-state index contributed by atoms with van der Waals surface area (Å²) >= 11 is 1.80. The molecule has 0 N–H and O–H groups in total. The summed E-state index contributed by atoms with van der Waals surface area (Å²) in [5.41, 5.74) is 1.89. The fourth-order valence-corrected chi connectivity index (χ4v) is 2.51. The van der Waals surface area contributed by atoms with Gasteiger partial charge in [0.1, 0.15) is 11.5 Å². The fourth-order valence-electron chi connectivity index (χ4n) is 1.83. The normalized spacial score (nSPS) is 10.3. The summed E-state index contributed by atoms with van der Waals surface area (Å²) in [5.74, 6) is 2.59. The Balaban J connectivity index is 2.43. The lowest BCUT2D eigenvalue weighted by Gasteiger charge is -2.10. The van der Waals surface area contributed by atoms with Crippen LogP contribution in [0.2, 0.25) is 0 Å². The van der Waals surface area contributed by atoms with E-state index >= 15 is 0 Å². The number of methoxy groups -OCH3 is 2. The van der Waals surface area contributed by atoms with E-state index in [1.807, 2.05) is 30.5 Å². The van der Waals surface area contributed by atoms with Gasteiger partial charge < -0.3 is 9.47 Å². The molecule has 4 heteroatoms. The molecule has 1 aromatic heterocycles. The molecule has 1 heterocycles. The third-order valence-corrected chi connectivity index (χ3v) is 3.60. The quantitative estimate of drug-likeness (QED) is 0.775. The van der Waals surface area contributed by atoms with Crippen LogP contribution in [0.15, 0.2) is 41.4 Å². The number of nitrogens with zero attached hydrogens (tertiary/aromatic N) is 1. The fraction of sp³-hybridized carbons (Fsp3) is 0.267. The molecule has 0 saturated carbocycles. The molecule has 0 spiro atoms. The minimum Gasteiger partial charge on any atom is -0.497 e. The molecule has 0 radical (unpaired) electrons. The number of aromatic nitrogens is 1. The predicted octanol–water partition coefficient (Wildman–Crippen LogP) is 3.88. The molecule has 3 nitrogen and oxygen atoms in total. The summed E-state index contributed by atoms with van der Waals surface area (Å²) < 4.78 is 10.6. The minimum atomic E-state index is 0.769. The van der Waals surface area contributed by atoms with Gasteiger partial charge in [0.2, 0.25) is 0 Å². The Morgan fingerprint density at radius 2 is 1.95 bits per heavy atom. The first-order valence-electron chi connectivity index (χ1n) is 6.09. The van der Waals surface area contributed by atoms with Crippen molar-refractivity contribution >= 4 is 11.8 Å². The first kappa shape index (κ1) is 13.7. The molecule has 0 aliphatic heterocycles. The van der Waals surface area contributed by atoms with E-state index < -0.39 is 0 Å². The maximum absolute atomic E-state index is 5.42. The number of hydrogen-bond acceptors (Lipinski definition) is 4. The molecule has 19 heavy (non-hydrogen) atoms. The van der Waals surface area contributed by atoms with E-state index in [9.17, 15) is 0 Å². The van der Waals surface area contributed by atoms with Gasteiger partial charge in [0, 0.05) is 22.7 Å². The molecule has 0 unspecified atom stereocenters. The van der Waals surface area contributed by atoms with Crippen molar-refractivity contribution in [3.05, 3.63) is 36.5 Å². The third-order valence-electron chi connectivity index (χ3n) is 2.73. The average Bonchev–Trinajstić information content (AvgIpc) is 2.47. The second-order valence-electron chi connectivity index (χ2n) is 3.88. The summed E-state index contributed by atoms with van der Waals surface area (Å²) in [5, 5.41) is 0. The predicted molar refractivity (Wildman–Crippen MR) is 79.2 cm³/mol. The number of benzene rings is 1. The van der Waals surface area contributed by atoms with E-state index in [1.54, 1.807) is 26.0 Å². The second kappa shape index (κ2) is 6.48. The van der Waals surface area contributed by atoms with Crippen LogP contribution in [0.3, 0.4) is 0 Å². The Morgan fingerprint density at radius 1 is 1.11 bits per heavy atom. The van der Waals surface area contributed by atoms with Crippen LogP contribution in [0.25, 0.3) is 11.3 Å². The lowest BCUT2D eigenvalue weighted by Crippen LogP contribution is -1.92. The Labute approximate surface area is 118 Å². The van der Waals surface area contributed by atoms with Crippen molar-refractivity contribution in [2.24, 2.45) is 0 Å². The van der Waals surface area contributed by atoms with Gasteiger partial charge in [0.05, 0.1) is 19.9 Å². The highest BCUT2D eigenvalue weighted by Crippen LogP contribution is 2.33. The van der Waals surface area contributed by atoms with Crippen LogP contribution in [0.4, 0.5) is 0 Å². The van der Waals surface area contributed by atoms with Crippen LogP contribution in [0.1, 0.15) is 6.92 Å². The van der Waals surface area contributed by atoms with Gasteiger partial charge in [0.25, 0.3) is 0 Å². The molecule has 0 amide bonds. The lowest BCUT2D eigenvalue weighted by molar-refractivity contribution is 0.395. The van der Waals surface area contributed by atoms with Crippen molar-refractivity contribution in [3.8, 4) is 22.8 Å². The SMILES string of the molecule is CCSc1ccnc(-c2ccc(OC)cc2OC)c1. The molecule has 0 bridgehead atoms. The van der Waals surface area contributed by atoms with Crippen molar-refractivity contribution in [1.29, 1.82) is 0 Å². The first-order chi connectivity index (χ1) is 9.28. The molecule has 0 aliphatic rings.